The maximum Gasteiger partial charge on any atom is 0.127 e. The minimum absolute atomic E-state index is 0.122. The van der Waals surface area contributed by atoms with Crippen molar-refractivity contribution in [2.24, 2.45) is 0 Å². The summed E-state index contributed by atoms with van der Waals surface area (Å²) in [5.74, 6) is -0.315. The molecule has 6 heteroatoms. The van der Waals surface area contributed by atoms with Gasteiger partial charge in [0, 0.05) is 15.4 Å². The zero-order valence-electron chi connectivity index (χ0n) is 8.89. The van der Waals surface area contributed by atoms with Gasteiger partial charge in [-0.1, -0.05) is 56.8 Å². The zero-order chi connectivity index (χ0) is 13.3. The van der Waals surface area contributed by atoms with E-state index in [1.165, 1.54) is 17.4 Å². The highest BCUT2D eigenvalue weighted by Crippen LogP contribution is 2.40. The summed E-state index contributed by atoms with van der Waals surface area (Å²) in [5.41, 5.74) is 1.32. The Hall–Kier alpha value is 0.200. The van der Waals surface area contributed by atoms with Crippen LogP contribution in [0.3, 0.4) is 0 Å². The fourth-order valence-corrected chi connectivity index (χ4v) is 4.37. The minimum atomic E-state index is -0.315. The molecule has 1 heterocycles. The van der Waals surface area contributed by atoms with Crippen molar-refractivity contribution >= 4 is 62.1 Å². The highest BCUT2D eigenvalue weighted by atomic mass is 79.9. The Morgan fingerprint density at radius 2 is 2.00 bits per heavy atom. The lowest BCUT2D eigenvalue weighted by Gasteiger charge is -2.11. The lowest BCUT2D eigenvalue weighted by molar-refractivity contribution is 0.608. The third-order valence-corrected chi connectivity index (χ3v) is 5.15. The monoisotopic (exact) mass is 386 g/mol. The SMILES string of the molecule is Fc1cccc(Cl)c1CC(Br)c1cc(Cl)sc1Cl. The molecule has 1 unspecified atom stereocenters. The van der Waals surface area contributed by atoms with E-state index in [1.54, 1.807) is 18.2 Å². The summed E-state index contributed by atoms with van der Waals surface area (Å²) < 4.78 is 14.9. The summed E-state index contributed by atoms with van der Waals surface area (Å²) in [6, 6.07) is 6.42. The fraction of sp³-hybridized carbons (Fsp3) is 0.167. The number of halogens is 5. The van der Waals surface area contributed by atoms with Crippen molar-refractivity contribution in [3.05, 3.63) is 54.9 Å². The number of rotatable bonds is 3. The van der Waals surface area contributed by atoms with Gasteiger partial charge in [0.05, 0.1) is 8.67 Å². The Kier molecular flexibility index (Phi) is 4.95. The second-order valence-electron chi connectivity index (χ2n) is 3.65. The molecule has 0 aliphatic rings. The van der Waals surface area contributed by atoms with Crippen LogP contribution in [0.25, 0.3) is 0 Å². The first-order chi connectivity index (χ1) is 8.49. The van der Waals surface area contributed by atoms with E-state index in [0.717, 1.165) is 5.56 Å². The number of benzene rings is 1. The van der Waals surface area contributed by atoms with E-state index in [9.17, 15) is 4.39 Å². The van der Waals surface area contributed by atoms with E-state index in [0.29, 0.717) is 25.7 Å². The van der Waals surface area contributed by atoms with Crippen LogP contribution in [0.4, 0.5) is 4.39 Å². The fourth-order valence-electron chi connectivity index (χ4n) is 1.58. The molecule has 0 saturated heterocycles. The van der Waals surface area contributed by atoms with Crippen LogP contribution in [-0.4, -0.2) is 0 Å². The molecule has 0 spiro atoms. The molecule has 0 radical (unpaired) electrons. The first-order valence-corrected chi connectivity index (χ1v) is 7.87. The minimum Gasteiger partial charge on any atom is -0.207 e. The normalized spacial score (nSPS) is 12.7. The van der Waals surface area contributed by atoms with Gasteiger partial charge in [-0.25, -0.2) is 4.39 Å². The van der Waals surface area contributed by atoms with Crippen molar-refractivity contribution in [2.45, 2.75) is 11.2 Å². The topological polar surface area (TPSA) is 0 Å². The van der Waals surface area contributed by atoms with Crippen LogP contribution in [0, 0.1) is 5.82 Å². The van der Waals surface area contributed by atoms with E-state index < -0.39 is 0 Å². The van der Waals surface area contributed by atoms with Crippen molar-refractivity contribution in [1.82, 2.24) is 0 Å². The standard InChI is InChI=1S/C12H7BrCl3FS/c13-8(6-5-11(15)18-12(6)16)4-7-9(14)2-1-3-10(7)17/h1-3,5,8H,4H2. The van der Waals surface area contributed by atoms with Gasteiger partial charge in [-0.05, 0) is 30.2 Å². The van der Waals surface area contributed by atoms with Crippen LogP contribution in [0.1, 0.15) is 16.0 Å². The highest BCUT2D eigenvalue weighted by Gasteiger charge is 2.18. The van der Waals surface area contributed by atoms with Crippen LogP contribution >= 0.6 is 62.1 Å². The Balaban J connectivity index is 2.26. The quantitative estimate of drug-likeness (QED) is 0.525. The maximum atomic E-state index is 13.7. The van der Waals surface area contributed by atoms with Gasteiger partial charge < -0.3 is 0 Å². The van der Waals surface area contributed by atoms with Gasteiger partial charge in [-0.3, -0.25) is 0 Å². The Bertz CT molecular complexity index is 550. The molecule has 0 aliphatic carbocycles. The Labute approximate surface area is 132 Å². The van der Waals surface area contributed by atoms with Gasteiger partial charge in [-0.2, -0.15) is 0 Å². The number of thiophene rings is 1. The van der Waals surface area contributed by atoms with E-state index in [2.05, 4.69) is 15.9 Å². The van der Waals surface area contributed by atoms with Crippen molar-refractivity contribution in [1.29, 1.82) is 0 Å². The summed E-state index contributed by atoms with van der Waals surface area (Å²) in [5, 5.41) is 0.414. The van der Waals surface area contributed by atoms with Crippen molar-refractivity contribution < 1.29 is 4.39 Å². The van der Waals surface area contributed by atoms with Gasteiger partial charge in [0.2, 0.25) is 0 Å². The predicted octanol–water partition coefficient (Wildman–Crippen LogP) is 6.53. The lowest BCUT2D eigenvalue weighted by Crippen LogP contribution is -1.98. The second-order valence-corrected chi connectivity index (χ2v) is 7.45. The first kappa shape index (κ1) is 14.6. The summed E-state index contributed by atoms with van der Waals surface area (Å²) in [6.45, 7) is 0. The maximum absolute atomic E-state index is 13.7. The third kappa shape index (κ3) is 3.20. The molecular weight excluding hydrogens is 381 g/mol. The molecule has 1 aromatic carbocycles. The van der Waals surface area contributed by atoms with Gasteiger partial charge >= 0.3 is 0 Å². The van der Waals surface area contributed by atoms with E-state index in [-0.39, 0.29) is 10.6 Å². The van der Waals surface area contributed by atoms with E-state index in [4.69, 9.17) is 34.8 Å². The second kappa shape index (κ2) is 6.10. The molecule has 0 N–H and O–H groups in total. The summed E-state index contributed by atoms with van der Waals surface area (Å²) in [4.78, 5) is -0.122. The number of hydrogen-bond donors (Lipinski definition) is 0. The Morgan fingerprint density at radius 1 is 1.28 bits per heavy atom. The van der Waals surface area contributed by atoms with Crippen LogP contribution < -0.4 is 0 Å². The Morgan fingerprint density at radius 3 is 2.56 bits per heavy atom. The third-order valence-electron chi connectivity index (χ3n) is 2.47. The predicted molar refractivity (Wildman–Crippen MR) is 81.1 cm³/mol. The van der Waals surface area contributed by atoms with Gasteiger partial charge in [0.1, 0.15) is 5.82 Å². The lowest BCUT2D eigenvalue weighted by atomic mass is 10.1. The highest BCUT2D eigenvalue weighted by molar-refractivity contribution is 9.09. The number of alkyl halides is 1. The summed E-state index contributed by atoms with van der Waals surface area (Å²) in [6.07, 6.45) is 0.415. The molecule has 0 amide bonds. The molecule has 2 aromatic rings. The molecule has 96 valence electrons. The van der Waals surface area contributed by atoms with Crippen LogP contribution in [0.2, 0.25) is 13.7 Å². The van der Waals surface area contributed by atoms with Crippen molar-refractivity contribution in [3.8, 4) is 0 Å². The van der Waals surface area contributed by atoms with Gasteiger partial charge in [0.15, 0.2) is 0 Å². The molecule has 0 nitrogen and oxygen atoms in total. The van der Waals surface area contributed by atoms with Crippen molar-refractivity contribution in [2.75, 3.05) is 0 Å². The molecule has 0 fully saturated rings. The smallest absolute Gasteiger partial charge is 0.127 e. The van der Waals surface area contributed by atoms with Crippen LogP contribution in [0.15, 0.2) is 24.3 Å². The van der Waals surface area contributed by atoms with Gasteiger partial charge in [0.25, 0.3) is 0 Å². The molecule has 2 rings (SSSR count). The van der Waals surface area contributed by atoms with E-state index >= 15 is 0 Å². The molecule has 1 atom stereocenters. The van der Waals surface area contributed by atoms with Crippen LogP contribution in [0.5, 0.6) is 0 Å². The largest absolute Gasteiger partial charge is 0.207 e. The first-order valence-electron chi connectivity index (χ1n) is 5.00. The average Bonchev–Trinajstić information content (AvgIpc) is 2.63. The number of hydrogen-bond acceptors (Lipinski definition) is 1. The summed E-state index contributed by atoms with van der Waals surface area (Å²) >= 11 is 22.7. The molecule has 0 bridgehead atoms. The molecule has 18 heavy (non-hydrogen) atoms. The zero-order valence-corrected chi connectivity index (χ0v) is 13.6. The molecular formula is C12H7BrCl3FS. The van der Waals surface area contributed by atoms with Crippen LogP contribution in [-0.2, 0) is 6.42 Å². The van der Waals surface area contributed by atoms with Crippen molar-refractivity contribution in [3.63, 3.8) is 0 Å². The van der Waals surface area contributed by atoms with E-state index in [1.807, 2.05) is 0 Å². The molecule has 0 saturated carbocycles. The average molecular weight is 389 g/mol. The van der Waals surface area contributed by atoms with Gasteiger partial charge in [-0.15, -0.1) is 11.3 Å². The summed E-state index contributed by atoms with van der Waals surface area (Å²) in [7, 11) is 0. The molecule has 1 aromatic heterocycles. The molecule has 0 aliphatic heterocycles.